The molecular formula is C37H40N6O7. The molecule has 0 unspecified atom stereocenters. The van der Waals surface area contributed by atoms with Crippen molar-refractivity contribution in [2.24, 2.45) is 10.1 Å². The van der Waals surface area contributed by atoms with E-state index in [1.807, 2.05) is 72.8 Å². The maximum Gasteiger partial charge on any atom is 0.266 e. The summed E-state index contributed by atoms with van der Waals surface area (Å²) in [7, 11) is 4.69. The van der Waals surface area contributed by atoms with Crippen molar-refractivity contribution in [2.45, 2.75) is 37.6 Å². The van der Waals surface area contributed by atoms with Crippen molar-refractivity contribution in [1.29, 1.82) is 0 Å². The Morgan fingerprint density at radius 1 is 0.940 bits per heavy atom. The van der Waals surface area contributed by atoms with Gasteiger partial charge >= 0.3 is 0 Å². The van der Waals surface area contributed by atoms with Crippen molar-refractivity contribution in [2.75, 3.05) is 34.5 Å². The van der Waals surface area contributed by atoms with Gasteiger partial charge in [0.25, 0.3) is 5.91 Å². The molecule has 2 atom stereocenters. The fraction of sp³-hybridized carbons (Fsp3) is 0.297. The summed E-state index contributed by atoms with van der Waals surface area (Å²) in [5.41, 5.74) is 17.1. The molecule has 0 aliphatic carbocycles. The predicted octanol–water partition coefficient (Wildman–Crippen LogP) is 5.60. The molecule has 1 heterocycles. The number of aliphatic hydroxyl groups is 1. The summed E-state index contributed by atoms with van der Waals surface area (Å²) in [4.78, 5) is 22.7. The number of aliphatic hydroxyl groups excluding tert-OH is 1. The van der Waals surface area contributed by atoms with Gasteiger partial charge in [-0.25, -0.2) is 10.4 Å². The number of nitrogens with one attached hydrogen (secondary N) is 2. The van der Waals surface area contributed by atoms with E-state index in [0.717, 1.165) is 16.7 Å². The summed E-state index contributed by atoms with van der Waals surface area (Å²) in [5, 5.41) is 12.9. The predicted molar refractivity (Wildman–Crippen MR) is 187 cm³/mol. The molecule has 0 saturated heterocycles. The molecule has 0 bridgehead atoms. The fourth-order valence-corrected chi connectivity index (χ4v) is 5.79. The van der Waals surface area contributed by atoms with Crippen LogP contribution in [-0.2, 0) is 29.0 Å². The van der Waals surface area contributed by atoms with Crippen LogP contribution >= 0.6 is 0 Å². The Morgan fingerprint density at radius 3 is 2.42 bits per heavy atom. The number of hydrogen-bond donors (Lipinski definition) is 3. The molecule has 0 radical (unpaired) electrons. The smallest absolute Gasteiger partial charge is 0.266 e. The molecule has 260 valence electrons. The summed E-state index contributed by atoms with van der Waals surface area (Å²) < 4.78 is 28.9. The fourth-order valence-electron chi connectivity index (χ4n) is 5.79. The van der Waals surface area contributed by atoms with E-state index in [1.54, 1.807) is 39.5 Å². The van der Waals surface area contributed by atoms with Crippen LogP contribution in [0.1, 0.15) is 40.3 Å². The third-order valence-corrected chi connectivity index (χ3v) is 8.27. The highest BCUT2D eigenvalue weighted by molar-refractivity contribution is 6.01. The van der Waals surface area contributed by atoms with Crippen molar-refractivity contribution in [1.82, 2.24) is 10.9 Å². The average Bonchev–Trinajstić information content (AvgIpc) is 3.55. The zero-order chi connectivity index (χ0) is 35.3. The number of aliphatic imine (C=N–C) groups is 1. The largest absolute Gasteiger partial charge is 0.497 e. The Bertz CT molecular complexity index is 1840. The quantitative estimate of drug-likeness (QED) is 0.0426. The number of carbonyl (C=O) groups is 1. The molecule has 3 N–H and O–H groups in total. The molecule has 1 amide bonds. The van der Waals surface area contributed by atoms with Crippen LogP contribution < -0.4 is 29.8 Å². The molecule has 0 spiro atoms. The first kappa shape index (κ1) is 35.6. The van der Waals surface area contributed by atoms with Crippen molar-refractivity contribution in [3.8, 4) is 23.0 Å². The summed E-state index contributed by atoms with van der Waals surface area (Å²) in [6, 6.07) is 27.5. The minimum Gasteiger partial charge on any atom is -0.497 e. The Morgan fingerprint density at radius 2 is 1.70 bits per heavy atom. The highest BCUT2D eigenvalue weighted by atomic mass is 16.5. The molecule has 0 fully saturated rings. The second kappa shape index (κ2) is 17.1. The van der Waals surface area contributed by atoms with Crippen LogP contribution in [-0.4, -0.2) is 57.0 Å². The molecule has 0 saturated carbocycles. The van der Waals surface area contributed by atoms with Gasteiger partial charge < -0.3 is 28.8 Å². The second-order valence-corrected chi connectivity index (χ2v) is 11.4. The summed E-state index contributed by atoms with van der Waals surface area (Å²) in [6.07, 6.45) is -0.279. The van der Waals surface area contributed by atoms with Gasteiger partial charge in [-0.15, -0.1) is 0 Å². The van der Waals surface area contributed by atoms with Gasteiger partial charge in [-0.2, -0.15) is 0 Å². The minimum absolute atomic E-state index is 0.0342. The van der Waals surface area contributed by atoms with E-state index >= 15 is 0 Å². The number of nitrogens with zero attached hydrogens (tertiary/aromatic N) is 4. The average molecular weight is 681 g/mol. The number of azide groups is 1. The van der Waals surface area contributed by atoms with Crippen LogP contribution in [0.15, 0.2) is 101 Å². The Labute approximate surface area is 290 Å². The molecule has 13 heteroatoms. The summed E-state index contributed by atoms with van der Waals surface area (Å²) in [5.74, 6) is 2.12. The number of carbonyl (C=O) groups excluding carboxylic acids is 1. The number of hydrazine groups is 1. The van der Waals surface area contributed by atoms with Gasteiger partial charge in [-0.05, 0) is 64.7 Å². The molecule has 1 aliphatic heterocycles. The van der Waals surface area contributed by atoms with Crippen molar-refractivity contribution < 1.29 is 33.6 Å². The maximum absolute atomic E-state index is 14.7. The lowest BCUT2D eigenvalue weighted by Crippen LogP contribution is -2.53. The third kappa shape index (κ3) is 8.09. The van der Waals surface area contributed by atoms with Gasteiger partial charge in [0, 0.05) is 42.0 Å². The first-order valence-corrected chi connectivity index (χ1v) is 16.0. The van der Waals surface area contributed by atoms with E-state index in [4.69, 9.17) is 39.3 Å². The van der Waals surface area contributed by atoms with Crippen molar-refractivity contribution in [3.63, 3.8) is 0 Å². The number of amides is 1. The molecule has 1 aliphatic rings. The number of hydrogen-bond acceptors (Lipinski definition) is 10. The highest BCUT2D eigenvalue weighted by Gasteiger charge is 2.53. The van der Waals surface area contributed by atoms with E-state index in [2.05, 4.69) is 20.9 Å². The second-order valence-electron chi connectivity index (χ2n) is 11.4. The van der Waals surface area contributed by atoms with Gasteiger partial charge in [0.15, 0.2) is 23.1 Å². The summed E-state index contributed by atoms with van der Waals surface area (Å²) in [6.45, 7) is 0.719. The lowest BCUT2D eigenvalue weighted by Gasteiger charge is -2.31. The van der Waals surface area contributed by atoms with E-state index in [0.29, 0.717) is 47.2 Å². The van der Waals surface area contributed by atoms with Crippen LogP contribution in [0, 0.1) is 0 Å². The lowest BCUT2D eigenvalue weighted by molar-refractivity contribution is -0.130. The van der Waals surface area contributed by atoms with Gasteiger partial charge in [0.1, 0.15) is 11.5 Å². The first-order chi connectivity index (χ1) is 24.5. The van der Waals surface area contributed by atoms with Crippen LogP contribution in [0.3, 0.4) is 0 Å². The zero-order valence-corrected chi connectivity index (χ0v) is 28.2. The van der Waals surface area contributed by atoms with E-state index in [9.17, 15) is 4.79 Å². The first-order valence-electron chi connectivity index (χ1n) is 16.0. The van der Waals surface area contributed by atoms with Crippen LogP contribution in [0.4, 0.5) is 0 Å². The standard InChI is InChI=1S/C37H40N6O7/c1-46-31-13-6-11-26(21-31)34-37(22-27-9-4-5-10-28(27)23-40-43-38,36(45)42-39-24-29-12-7-14-32(47-2)33(29)48-3)41-35(50-34)25-15-17-30(18-16-25)49-20-8-19-44/h4-7,9-18,21,34,39,44H,8,19-20,22-24H2,1-3H3,(H,42,45)/t34-,37-/m0/s1. The Kier molecular flexibility index (Phi) is 12.1. The molecule has 13 nitrogen and oxygen atoms in total. The van der Waals surface area contributed by atoms with Crippen LogP contribution in [0.25, 0.3) is 10.4 Å². The van der Waals surface area contributed by atoms with Gasteiger partial charge in [0.05, 0.1) is 34.5 Å². The van der Waals surface area contributed by atoms with Crippen LogP contribution in [0.2, 0.25) is 0 Å². The third-order valence-electron chi connectivity index (χ3n) is 8.27. The highest BCUT2D eigenvalue weighted by Crippen LogP contribution is 2.43. The molecule has 50 heavy (non-hydrogen) atoms. The normalized spacial score (nSPS) is 16.4. The Hall–Kier alpha value is -5.75. The zero-order valence-electron chi connectivity index (χ0n) is 28.2. The molecule has 4 aromatic rings. The molecule has 0 aromatic heterocycles. The number of benzene rings is 4. The lowest BCUT2D eigenvalue weighted by atomic mass is 9.81. The number of ether oxygens (including phenoxy) is 5. The van der Waals surface area contributed by atoms with E-state index in [-0.39, 0.29) is 32.0 Å². The van der Waals surface area contributed by atoms with Crippen molar-refractivity contribution >= 4 is 11.8 Å². The molecule has 4 aromatic carbocycles. The monoisotopic (exact) mass is 680 g/mol. The van der Waals surface area contributed by atoms with E-state index < -0.39 is 17.6 Å². The number of rotatable bonds is 17. The molecular weight excluding hydrogens is 640 g/mol. The van der Waals surface area contributed by atoms with Gasteiger partial charge in [0.2, 0.25) is 5.90 Å². The minimum atomic E-state index is -1.55. The number of para-hydroxylation sites is 1. The SMILES string of the molecule is COc1cccc([C@@H]2OC(c3ccc(OCCCO)cc3)=N[C@]2(Cc2ccccc2CN=[N+]=[N-])C(=O)NNCc2cccc(OC)c2OC)c1. The maximum atomic E-state index is 14.7. The van der Waals surface area contributed by atoms with Gasteiger partial charge in [-0.1, -0.05) is 53.6 Å². The summed E-state index contributed by atoms with van der Waals surface area (Å²) >= 11 is 0. The topological polar surface area (TPSA) is 169 Å². The van der Waals surface area contributed by atoms with Crippen molar-refractivity contribution in [3.05, 3.63) is 129 Å². The van der Waals surface area contributed by atoms with Crippen LogP contribution in [0.5, 0.6) is 23.0 Å². The van der Waals surface area contributed by atoms with E-state index in [1.165, 1.54) is 0 Å². The Balaban J connectivity index is 1.57. The number of methoxy groups -OCH3 is 3. The van der Waals surface area contributed by atoms with Gasteiger partial charge in [-0.3, -0.25) is 10.2 Å². The molecule has 5 rings (SSSR count).